The molecule has 118 valence electrons. The predicted octanol–water partition coefficient (Wildman–Crippen LogP) is 3.17. The minimum absolute atomic E-state index is 0.0600. The van der Waals surface area contributed by atoms with Gasteiger partial charge >= 0.3 is 0 Å². The second-order valence-electron chi connectivity index (χ2n) is 4.76. The van der Waals surface area contributed by atoms with Gasteiger partial charge in [-0.1, -0.05) is 37.0 Å². The van der Waals surface area contributed by atoms with Gasteiger partial charge in [0.1, 0.15) is 11.6 Å². The van der Waals surface area contributed by atoms with Crippen molar-refractivity contribution < 1.29 is 4.79 Å². The van der Waals surface area contributed by atoms with E-state index in [1.165, 1.54) is 0 Å². The van der Waals surface area contributed by atoms with Gasteiger partial charge in [0.15, 0.2) is 0 Å². The van der Waals surface area contributed by atoms with Gasteiger partial charge in [-0.2, -0.15) is 0 Å². The molecule has 5 nitrogen and oxygen atoms in total. The Bertz CT molecular complexity index is 482. The molecule has 1 aromatic rings. The molecular weight excluding hydrogens is 311 g/mol. The van der Waals surface area contributed by atoms with Crippen LogP contribution in [-0.4, -0.2) is 37.6 Å². The third-order valence-corrected chi connectivity index (χ3v) is 3.33. The highest BCUT2D eigenvalue weighted by molar-refractivity contribution is 6.37. The van der Waals surface area contributed by atoms with Crippen LogP contribution in [0.3, 0.4) is 0 Å². The second-order valence-corrected chi connectivity index (χ2v) is 5.57. The summed E-state index contributed by atoms with van der Waals surface area (Å²) in [5.41, 5.74) is 0. The summed E-state index contributed by atoms with van der Waals surface area (Å²) in [7, 11) is 1.78. The van der Waals surface area contributed by atoms with Crippen molar-refractivity contribution in [3.05, 3.63) is 16.1 Å². The molecule has 0 bridgehead atoms. The molecule has 0 saturated heterocycles. The van der Waals surface area contributed by atoms with Crippen LogP contribution in [0.25, 0.3) is 0 Å². The van der Waals surface area contributed by atoms with E-state index < -0.39 is 0 Å². The van der Waals surface area contributed by atoms with E-state index in [-0.39, 0.29) is 12.5 Å². The largest absolute Gasteiger partial charge is 0.369 e. The Hall–Kier alpha value is -1.20. The van der Waals surface area contributed by atoms with Crippen molar-refractivity contribution in [1.29, 1.82) is 0 Å². The van der Waals surface area contributed by atoms with E-state index in [2.05, 4.69) is 22.5 Å². The summed E-state index contributed by atoms with van der Waals surface area (Å²) in [6.07, 6.45) is 1.87. The van der Waals surface area contributed by atoms with Crippen molar-refractivity contribution >= 4 is 40.7 Å². The highest BCUT2D eigenvalue weighted by Gasteiger charge is 2.15. The molecule has 21 heavy (non-hydrogen) atoms. The Morgan fingerprint density at radius 2 is 1.90 bits per heavy atom. The van der Waals surface area contributed by atoms with Crippen molar-refractivity contribution in [3.8, 4) is 0 Å². The van der Waals surface area contributed by atoms with Crippen molar-refractivity contribution in [3.63, 3.8) is 0 Å². The van der Waals surface area contributed by atoms with Crippen LogP contribution in [-0.2, 0) is 4.79 Å². The molecule has 0 atom stereocenters. The quantitative estimate of drug-likeness (QED) is 0.767. The zero-order chi connectivity index (χ0) is 15.8. The van der Waals surface area contributed by atoms with Gasteiger partial charge in [-0.25, -0.2) is 4.98 Å². The minimum atomic E-state index is -0.0600. The van der Waals surface area contributed by atoms with E-state index in [4.69, 9.17) is 23.2 Å². The Kier molecular flexibility index (Phi) is 7.61. The summed E-state index contributed by atoms with van der Waals surface area (Å²) in [6.45, 7) is 5.70. The molecule has 0 saturated carbocycles. The Morgan fingerprint density at radius 1 is 1.24 bits per heavy atom. The van der Waals surface area contributed by atoms with Crippen LogP contribution in [0.4, 0.5) is 11.6 Å². The summed E-state index contributed by atoms with van der Waals surface area (Å²) >= 11 is 12.3. The number of pyridine rings is 1. The molecule has 1 rings (SSSR count). The van der Waals surface area contributed by atoms with Gasteiger partial charge < -0.3 is 15.5 Å². The van der Waals surface area contributed by atoms with Crippen LogP contribution in [0, 0.1) is 0 Å². The van der Waals surface area contributed by atoms with Crippen molar-refractivity contribution in [2.24, 2.45) is 0 Å². The zero-order valence-corrected chi connectivity index (χ0v) is 14.2. The van der Waals surface area contributed by atoms with Gasteiger partial charge in [0.05, 0.1) is 16.6 Å². The number of likely N-dealkylation sites (N-methyl/N-ethyl adjacent to an activating group) is 1. The number of carbonyl (C=O) groups excluding carboxylic acids is 1. The number of halogens is 2. The first-order valence-electron chi connectivity index (χ1n) is 7.07. The number of rotatable bonds is 8. The van der Waals surface area contributed by atoms with E-state index in [1.54, 1.807) is 18.0 Å². The lowest BCUT2D eigenvalue weighted by Gasteiger charge is -2.20. The van der Waals surface area contributed by atoms with Crippen molar-refractivity contribution in [1.82, 2.24) is 10.3 Å². The standard InChI is InChI=1S/C14H22Cl2N4O/c1-4-6-17-12(21)9-20(3)14-11(16)8-10(15)13(19-14)18-7-5-2/h8H,4-7,9H2,1-3H3,(H,17,21)(H,18,19). The topological polar surface area (TPSA) is 57.3 Å². The van der Waals surface area contributed by atoms with Gasteiger partial charge in [0.2, 0.25) is 5.91 Å². The van der Waals surface area contributed by atoms with Crippen molar-refractivity contribution in [2.45, 2.75) is 26.7 Å². The molecule has 0 radical (unpaired) electrons. The lowest BCUT2D eigenvalue weighted by Crippen LogP contribution is -2.36. The lowest BCUT2D eigenvalue weighted by molar-refractivity contribution is -0.119. The normalized spacial score (nSPS) is 10.3. The average Bonchev–Trinajstić information content (AvgIpc) is 2.44. The number of nitrogens with one attached hydrogen (secondary N) is 2. The summed E-state index contributed by atoms with van der Waals surface area (Å²) in [6, 6.07) is 1.64. The van der Waals surface area contributed by atoms with Crippen LogP contribution >= 0.6 is 23.2 Å². The number of nitrogens with zero attached hydrogens (tertiary/aromatic N) is 2. The van der Waals surface area contributed by atoms with Crippen LogP contribution in [0.2, 0.25) is 10.0 Å². The smallest absolute Gasteiger partial charge is 0.239 e. The van der Waals surface area contributed by atoms with E-state index in [0.29, 0.717) is 28.2 Å². The van der Waals surface area contributed by atoms with E-state index in [1.807, 2.05) is 6.92 Å². The number of anilines is 2. The molecule has 2 N–H and O–H groups in total. The van der Waals surface area contributed by atoms with E-state index >= 15 is 0 Å². The summed E-state index contributed by atoms with van der Waals surface area (Å²) in [5, 5.41) is 6.86. The fourth-order valence-corrected chi connectivity index (χ4v) is 2.27. The maximum absolute atomic E-state index is 11.8. The minimum Gasteiger partial charge on any atom is -0.369 e. The molecule has 0 aromatic carbocycles. The molecule has 0 unspecified atom stereocenters. The maximum atomic E-state index is 11.8. The molecule has 7 heteroatoms. The monoisotopic (exact) mass is 332 g/mol. The maximum Gasteiger partial charge on any atom is 0.239 e. The number of aromatic nitrogens is 1. The highest BCUT2D eigenvalue weighted by Crippen LogP contribution is 2.30. The molecular formula is C14H22Cl2N4O. The van der Waals surface area contributed by atoms with Gasteiger partial charge in [-0.3, -0.25) is 4.79 Å². The molecule has 0 spiro atoms. The molecule has 1 heterocycles. The SMILES string of the molecule is CCCNC(=O)CN(C)c1nc(NCCC)c(Cl)cc1Cl. The molecule has 0 aliphatic heterocycles. The zero-order valence-electron chi connectivity index (χ0n) is 12.7. The van der Waals surface area contributed by atoms with E-state index in [0.717, 1.165) is 19.4 Å². The Balaban J connectivity index is 2.82. The second kappa shape index (κ2) is 8.95. The third kappa shape index (κ3) is 5.59. The van der Waals surface area contributed by atoms with Crippen LogP contribution in [0.5, 0.6) is 0 Å². The number of hydrogen-bond acceptors (Lipinski definition) is 4. The van der Waals surface area contributed by atoms with Gasteiger partial charge in [-0.15, -0.1) is 0 Å². The Morgan fingerprint density at radius 3 is 2.52 bits per heavy atom. The van der Waals surface area contributed by atoms with Gasteiger partial charge in [-0.05, 0) is 18.9 Å². The summed E-state index contributed by atoms with van der Waals surface area (Å²) in [4.78, 5) is 17.9. The number of amides is 1. The Labute approximate surface area is 136 Å². The summed E-state index contributed by atoms with van der Waals surface area (Å²) < 4.78 is 0. The highest BCUT2D eigenvalue weighted by atomic mass is 35.5. The molecule has 1 aromatic heterocycles. The summed E-state index contributed by atoms with van der Waals surface area (Å²) in [5.74, 6) is 1.06. The van der Waals surface area contributed by atoms with E-state index in [9.17, 15) is 4.79 Å². The van der Waals surface area contributed by atoms with Crippen molar-refractivity contribution in [2.75, 3.05) is 36.9 Å². The van der Waals surface area contributed by atoms with Gasteiger partial charge in [0.25, 0.3) is 0 Å². The first-order chi connectivity index (χ1) is 9.99. The number of hydrogen-bond donors (Lipinski definition) is 2. The molecule has 0 aliphatic rings. The molecule has 0 aliphatic carbocycles. The third-order valence-electron chi connectivity index (χ3n) is 2.77. The van der Waals surface area contributed by atoms with Crippen LogP contribution < -0.4 is 15.5 Å². The lowest BCUT2D eigenvalue weighted by atomic mass is 10.3. The first-order valence-corrected chi connectivity index (χ1v) is 7.82. The van der Waals surface area contributed by atoms with Crippen LogP contribution in [0.15, 0.2) is 6.07 Å². The fourth-order valence-electron chi connectivity index (χ4n) is 1.70. The first kappa shape index (κ1) is 17.9. The molecule has 1 amide bonds. The van der Waals surface area contributed by atoms with Gasteiger partial charge in [0, 0.05) is 20.1 Å². The average molecular weight is 333 g/mol. The predicted molar refractivity (Wildman–Crippen MR) is 89.6 cm³/mol. The fraction of sp³-hybridized carbons (Fsp3) is 0.571. The number of carbonyl (C=O) groups is 1. The van der Waals surface area contributed by atoms with Crippen LogP contribution in [0.1, 0.15) is 26.7 Å². The molecule has 0 fully saturated rings.